The SMILES string of the molecule is CN1C[C@H](c2ccc(OCc3cccc(F)c3)c(Br)c2)[C@H]([N+](=O)[O-])[C@@]12C(=O)Nc1ccccc12. The Morgan fingerprint density at radius 1 is 1.21 bits per heavy atom. The number of halogens is 2. The Morgan fingerprint density at radius 3 is 2.74 bits per heavy atom. The Kier molecular flexibility index (Phi) is 5.61. The van der Waals surface area contributed by atoms with Crippen molar-refractivity contribution >= 4 is 27.5 Å². The van der Waals surface area contributed by atoms with Gasteiger partial charge < -0.3 is 10.1 Å². The van der Waals surface area contributed by atoms with Crippen molar-refractivity contribution in [2.24, 2.45) is 0 Å². The molecule has 9 heteroatoms. The summed E-state index contributed by atoms with van der Waals surface area (Å²) in [5, 5.41) is 15.3. The van der Waals surface area contributed by atoms with Crippen LogP contribution in [0.1, 0.15) is 22.6 Å². The van der Waals surface area contributed by atoms with Crippen molar-refractivity contribution in [2.45, 2.75) is 24.1 Å². The zero-order valence-electron chi connectivity index (χ0n) is 18.2. The molecule has 2 aliphatic heterocycles. The Hall–Kier alpha value is -3.30. The second kappa shape index (κ2) is 8.48. The van der Waals surface area contributed by atoms with Gasteiger partial charge in [0.2, 0.25) is 0 Å². The van der Waals surface area contributed by atoms with Crippen molar-refractivity contribution < 1.29 is 18.8 Å². The third-order valence-electron chi connectivity index (χ3n) is 6.71. The van der Waals surface area contributed by atoms with Gasteiger partial charge in [0.1, 0.15) is 18.2 Å². The molecular weight excluding hydrogens is 505 g/mol. The molecule has 0 unspecified atom stereocenters. The highest BCUT2D eigenvalue weighted by Crippen LogP contribution is 2.52. The van der Waals surface area contributed by atoms with Gasteiger partial charge in [-0.05, 0) is 64.4 Å². The van der Waals surface area contributed by atoms with Crippen LogP contribution >= 0.6 is 15.9 Å². The molecule has 0 aromatic heterocycles. The molecule has 3 aromatic rings. The van der Waals surface area contributed by atoms with Crippen molar-refractivity contribution in [1.29, 1.82) is 0 Å². The van der Waals surface area contributed by atoms with Gasteiger partial charge in [-0.2, -0.15) is 0 Å². The predicted octanol–water partition coefficient (Wildman–Crippen LogP) is 4.69. The summed E-state index contributed by atoms with van der Waals surface area (Å²) in [4.78, 5) is 27.1. The largest absolute Gasteiger partial charge is 0.488 e. The lowest BCUT2D eigenvalue weighted by molar-refractivity contribution is -0.534. The van der Waals surface area contributed by atoms with E-state index in [4.69, 9.17) is 4.74 Å². The fraction of sp³-hybridized carbons (Fsp3) is 0.240. The molecular formula is C25H21BrFN3O4. The second-order valence-corrected chi connectivity index (χ2v) is 9.45. The number of para-hydroxylation sites is 1. The molecule has 1 N–H and O–H groups in total. The molecule has 34 heavy (non-hydrogen) atoms. The Balaban J connectivity index is 1.46. The average Bonchev–Trinajstić information content (AvgIpc) is 3.28. The number of anilines is 1. The monoisotopic (exact) mass is 525 g/mol. The van der Waals surface area contributed by atoms with E-state index in [0.717, 1.165) is 5.56 Å². The number of nitrogens with zero attached hydrogens (tertiary/aromatic N) is 2. The van der Waals surface area contributed by atoms with Crippen LogP contribution in [0.4, 0.5) is 10.1 Å². The fourth-order valence-electron chi connectivity index (χ4n) is 5.23. The van der Waals surface area contributed by atoms with Gasteiger partial charge in [0, 0.05) is 22.7 Å². The van der Waals surface area contributed by atoms with E-state index in [0.29, 0.717) is 33.6 Å². The molecule has 1 saturated heterocycles. The van der Waals surface area contributed by atoms with E-state index in [9.17, 15) is 19.3 Å². The van der Waals surface area contributed by atoms with E-state index < -0.39 is 17.5 Å². The van der Waals surface area contributed by atoms with E-state index in [2.05, 4.69) is 21.2 Å². The van der Waals surface area contributed by atoms with Crippen LogP contribution in [0.25, 0.3) is 0 Å². The number of amides is 1. The minimum atomic E-state index is -1.39. The van der Waals surface area contributed by atoms with Gasteiger partial charge in [0.15, 0.2) is 5.54 Å². The normalized spacial score (nSPS) is 23.7. The van der Waals surface area contributed by atoms with Crippen molar-refractivity contribution in [3.8, 4) is 5.75 Å². The zero-order valence-corrected chi connectivity index (χ0v) is 19.8. The van der Waals surface area contributed by atoms with Crippen LogP contribution in [-0.2, 0) is 16.9 Å². The van der Waals surface area contributed by atoms with Crippen LogP contribution in [0.3, 0.4) is 0 Å². The number of benzene rings is 3. The predicted molar refractivity (Wildman–Crippen MR) is 128 cm³/mol. The first kappa shape index (κ1) is 22.5. The molecule has 174 valence electrons. The summed E-state index contributed by atoms with van der Waals surface area (Å²) in [5.41, 5.74) is 1.27. The lowest BCUT2D eigenvalue weighted by atomic mass is 9.79. The molecule has 3 aromatic carbocycles. The van der Waals surface area contributed by atoms with Crippen LogP contribution in [0.5, 0.6) is 5.75 Å². The third-order valence-corrected chi connectivity index (χ3v) is 7.33. The number of nitrogens with one attached hydrogen (secondary N) is 1. The van der Waals surface area contributed by atoms with Crippen LogP contribution in [-0.4, -0.2) is 35.4 Å². The second-order valence-electron chi connectivity index (χ2n) is 8.59. The van der Waals surface area contributed by atoms with E-state index in [1.165, 1.54) is 12.1 Å². The lowest BCUT2D eigenvalue weighted by Gasteiger charge is -2.30. The molecule has 0 bridgehead atoms. The summed E-state index contributed by atoms with van der Waals surface area (Å²) in [6.07, 6.45) is 0. The highest BCUT2D eigenvalue weighted by Gasteiger charge is 2.68. The van der Waals surface area contributed by atoms with Crippen molar-refractivity contribution in [2.75, 3.05) is 18.9 Å². The number of carbonyl (C=O) groups excluding carboxylic acids is 1. The minimum absolute atomic E-state index is 0.180. The molecule has 0 radical (unpaired) electrons. The topological polar surface area (TPSA) is 84.7 Å². The first-order valence-electron chi connectivity index (χ1n) is 10.7. The highest BCUT2D eigenvalue weighted by molar-refractivity contribution is 9.10. The van der Waals surface area contributed by atoms with Crippen molar-refractivity contribution in [1.82, 2.24) is 4.90 Å². The maximum atomic E-state index is 13.4. The summed E-state index contributed by atoms with van der Waals surface area (Å²) in [6.45, 7) is 0.517. The van der Waals surface area contributed by atoms with Gasteiger partial charge in [0.25, 0.3) is 11.9 Å². The lowest BCUT2D eigenvalue weighted by Crippen LogP contribution is -2.54. The van der Waals surface area contributed by atoms with Gasteiger partial charge in [-0.25, -0.2) is 4.39 Å². The zero-order chi connectivity index (χ0) is 24.0. The van der Waals surface area contributed by atoms with Gasteiger partial charge >= 0.3 is 0 Å². The molecule has 3 atom stereocenters. The Labute approximate surface area is 203 Å². The van der Waals surface area contributed by atoms with Crippen LogP contribution in [0.2, 0.25) is 0 Å². The summed E-state index contributed by atoms with van der Waals surface area (Å²) < 4.78 is 19.9. The van der Waals surface area contributed by atoms with Crippen molar-refractivity contribution in [3.63, 3.8) is 0 Å². The fourth-order valence-corrected chi connectivity index (χ4v) is 5.74. The van der Waals surface area contributed by atoms with E-state index >= 15 is 0 Å². The Morgan fingerprint density at radius 2 is 2.00 bits per heavy atom. The minimum Gasteiger partial charge on any atom is -0.488 e. The number of ether oxygens (including phenoxy) is 1. The summed E-state index contributed by atoms with van der Waals surface area (Å²) in [6, 6.07) is 17.5. The van der Waals surface area contributed by atoms with E-state index in [-0.39, 0.29) is 23.3 Å². The molecule has 0 aliphatic carbocycles. The highest BCUT2D eigenvalue weighted by atomic mass is 79.9. The molecule has 1 spiro atoms. The standard InChI is InChI=1S/C25H21BrFN3O4/c1-29-13-18(23(30(32)33)25(29)19-7-2-3-8-21(19)28-24(25)31)16-9-10-22(20(26)12-16)34-14-15-5-4-6-17(27)11-15/h2-12,18,23H,13-14H2,1H3,(H,28,31)/t18-,23+,25+/m1/s1. The number of fused-ring (bicyclic) bond motifs is 2. The number of hydrogen-bond donors (Lipinski definition) is 1. The maximum absolute atomic E-state index is 13.4. The molecule has 0 saturated carbocycles. The smallest absolute Gasteiger partial charge is 0.256 e. The number of nitro groups is 1. The number of carbonyl (C=O) groups is 1. The van der Waals surface area contributed by atoms with Gasteiger partial charge in [-0.3, -0.25) is 19.8 Å². The summed E-state index contributed by atoms with van der Waals surface area (Å²) in [5.74, 6) is -0.700. The summed E-state index contributed by atoms with van der Waals surface area (Å²) >= 11 is 3.51. The number of hydrogen-bond acceptors (Lipinski definition) is 5. The molecule has 2 aliphatic rings. The number of likely N-dealkylation sites (N-methyl/N-ethyl adjacent to an activating group) is 1. The van der Waals surface area contributed by atoms with Crippen LogP contribution < -0.4 is 10.1 Å². The third kappa shape index (κ3) is 3.47. The van der Waals surface area contributed by atoms with E-state index in [1.54, 1.807) is 66.5 Å². The number of likely N-dealkylation sites (tertiary alicyclic amines) is 1. The maximum Gasteiger partial charge on any atom is 0.256 e. The first-order valence-corrected chi connectivity index (χ1v) is 11.5. The quantitative estimate of drug-likeness (QED) is 0.385. The van der Waals surface area contributed by atoms with E-state index in [1.807, 2.05) is 0 Å². The van der Waals surface area contributed by atoms with Gasteiger partial charge in [-0.1, -0.05) is 36.4 Å². The molecule has 5 rings (SSSR count). The van der Waals surface area contributed by atoms with Crippen molar-refractivity contribution in [3.05, 3.63) is 104 Å². The Bertz CT molecular complexity index is 1300. The first-order chi connectivity index (χ1) is 16.3. The summed E-state index contributed by atoms with van der Waals surface area (Å²) in [7, 11) is 1.75. The number of rotatable bonds is 5. The van der Waals surface area contributed by atoms with Crippen LogP contribution in [0, 0.1) is 15.9 Å². The molecule has 1 amide bonds. The molecule has 7 nitrogen and oxygen atoms in total. The molecule has 1 fully saturated rings. The molecule has 2 heterocycles. The van der Waals surface area contributed by atoms with Gasteiger partial charge in [-0.15, -0.1) is 0 Å². The van der Waals surface area contributed by atoms with Crippen LogP contribution in [0.15, 0.2) is 71.2 Å². The average molecular weight is 526 g/mol. The van der Waals surface area contributed by atoms with Gasteiger partial charge in [0.05, 0.1) is 10.4 Å².